The minimum absolute atomic E-state index is 0.00941. The van der Waals surface area contributed by atoms with Crippen LogP contribution in [0.3, 0.4) is 0 Å². The molecule has 4 heteroatoms. The predicted molar refractivity (Wildman–Crippen MR) is 50.1 cm³/mol. The van der Waals surface area contributed by atoms with Crippen molar-refractivity contribution in [3.63, 3.8) is 0 Å². The maximum absolute atomic E-state index is 12.7. The van der Waals surface area contributed by atoms with Gasteiger partial charge in [0, 0.05) is 12.0 Å². The largest absolute Gasteiger partial charge is 0.294 e. The molecular formula is C11H9F3O. The van der Waals surface area contributed by atoms with Gasteiger partial charge in [-0.2, -0.15) is 0 Å². The minimum atomic E-state index is -1.57. The molecule has 0 spiro atoms. The van der Waals surface area contributed by atoms with Crippen LogP contribution < -0.4 is 0 Å². The number of carbonyl (C=O) groups is 1. The van der Waals surface area contributed by atoms with Crippen LogP contribution in [0.25, 0.3) is 0 Å². The summed E-state index contributed by atoms with van der Waals surface area (Å²) in [5.41, 5.74) is 0.388. The summed E-state index contributed by atoms with van der Waals surface area (Å²) >= 11 is 0. The van der Waals surface area contributed by atoms with E-state index in [1.165, 1.54) is 0 Å². The van der Waals surface area contributed by atoms with Gasteiger partial charge >= 0.3 is 0 Å². The highest BCUT2D eigenvalue weighted by atomic mass is 19.2. The van der Waals surface area contributed by atoms with Crippen LogP contribution in [0.5, 0.6) is 0 Å². The second-order valence-electron chi connectivity index (χ2n) is 3.31. The van der Waals surface area contributed by atoms with Crippen molar-refractivity contribution in [3.8, 4) is 0 Å². The molecule has 0 atom stereocenters. The lowest BCUT2D eigenvalue weighted by Crippen LogP contribution is -2.03. The van der Waals surface area contributed by atoms with Gasteiger partial charge in [-0.05, 0) is 19.1 Å². The predicted octanol–water partition coefficient (Wildman–Crippen LogP) is 3.25. The lowest BCUT2D eigenvalue weighted by atomic mass is 10.0. The van der Waals surface area contributed by atoms with Gasteiger partial charge in [-0.15, -0.1) is 0 Å². The summed E-state index contributed by atoms with van der Waals surface area (Å²) in [6.45, 7) is 5.12. The van der Waals surface area contributed by atoms with Crippen molar-refractivity contribution in [1.82, 2.24) is 0 Å². The van der Waals surface area contributed by atoms with Gasteiger partial charge in [0.05, 0.1) is 0 Å². The number of carbonyl (C=O) groups excluding carboxylic acids is 1. The monoisotopic (exact) mass is 214 g/mol. The molecule has 1 rings (SSSR count). The van der Waals surface area contributed by atoms with Gasteiger partial charge in [-0.3, -0.25) is 4.79 Å². The van der Waals surface area contributed by atoms with Crippen LogP contribution in [-0.2, 0) is 0 Å². The lowest BCUT2D eigenvalue weighted by Gasteiger charge is -2.02. The van der Waals surface area contributed by atoms with E-state index < -0.39 is 23.2 Å². The molecule has 0 radical (unpaired) electrons. The van der Waals surface area contributed by atoms with Crippen molar-refractivity contribution in [3.05, 3.63) is 47.3 Å². The van der Waals surface area contributed by atoms with E-state index in [-0.39, 0.29) is 12.0 Å². The summed E-state index contributed by atoms with van der Waals surface area (Å²) in [4.78, 5) is 11.4. The Bertz CT molecular complexity index is 401. The lowest BCUT2D eigenvalue weighted by molar-refractivity contribution is 0.0992. The first-order valence-electron chi connectivity index (χ1n) is 4.24. The van der Waals surface area contributed by atoms with Crippen molar-refractivity contribution in [1.29, 1.82) is 0 Å². The van der Waals surface area contributed by atoms with E-state index in [0.717, 1.165) is 0 Å². The third-order valence-electron chi connectivity index (χ3n) is 1.77. The Balaban J connectivity index is 3.06. The van der Waals surface area contributed by atoms with Gasteiger partial charge in [0.25, 0.3) is 0 Å². The molecule has 0 unspecified atom stereocenters. The summed E-state index contributed by atoms with van der Waals surface area (Å²) in [6, 6.07) is 1.37. The van der Waals surface area contributed by atoms with E-state index in [0.29, 0.717) is 17.7 Å². The summed E-state index contributed by atoms with van der Waals surface area (Å²) in [7, 11) is 0. The quantitative estimate of drug-likeness (QED) is 0.429. The van der Waals surface area contributed by atoms with Gasteiger partial charge < -0.3 is 0 Å². The highest BCUT2D eigenvalue weighted by Gasteiger charge is 2.14. The summed E-state index contributed by atoms with van der Waals surface area (Å²) < 4.78 is 38.1. The number of hydrogen-bond acceptors (Lipinski definition) is 1. The van der Waals surface area contributed by atoms with Crippen LogP contribution >= 0.6 is 0 Å². The smallest absolute Gasteiger partial charge is 0.194 e. The Morgan fingerprint density at radius 3 is 2.13 bits per heavy atom. The summed E-state index contributed by atoms with van der Waals surface area (Å²) in [5, 5.41) is 0. The molecule has 15 heavy (non-hydrogen) atoms. The SMILES string of the molecule is C=C(C)CC(=O)c1cc(F)c(F)c(F)c1. The highest BCUT2D eigenvalue weighted by Crippen LogP contribution is 2.16. The molecule has 0 heterocycles. The molecule has 0 fully saturated rings. The first kappa shape index (κ1) is 11.5. The fourth-order valence-electron chi connectivity index (χ4n) is 1.09. The van der Waals surface area contributed by atoms with Crippen molar-refractivity contribution in [2.24, 2.45) is 0 Å². The van der Waals surface area contributed by atoms with E-state index in [4.69, 9.17) is 0 Å². The number of allylic oxidation sites excluding steroid dienone is 1. The van der Waals surface area contributed by atoms with Crippen LogP contribution in [-0.4, -0.2) is 5.78 Å². The van der Waals surface area contributed by atoms with Crippen LogP contribution in [0.1, 0.15) is 23.7 Å². The average Bonchev–Trinajstić information content (AvgIpc) is 2.12. The van der Waals surface area contributed by atoms with Gasteiger partial charge in [-0.1, -0.05) is 12.2 Å². The molecular weight excluding hydrogens is 205 g/mol. The average molecular weight is 214 g/mol. The molecule has 0 bridgehead atoms. The number of rotatable bonds is 3. The normalized spacial score (nSPS) is 10.1. The van der Waals surface area contributed by atoms with Crippen molar-refractivity contribution in [2.75, 3.05) is 0 Å². The fraction of sp³-hybridized carbons (Fsp3) is 0.182. The molecule has 0 aliphatic carbocycles. The Labute approximate surface area is 85.2 Å². The number of ketones is 1. The Morgan fingerprint density at radius 1 is 1.27 bits per heavy atom. The van der Waals surface area contributed by atoms with E-state index in [9.17, 15) is 18.0 Å². The van der Waals surface area contributed by atoms with Gasteiger partial charge in [0.1, 0.15) is 0 Å². The Hall–Kier alpha value is -1.58. The third kappa shape index (κ3) is 2.68. The molecule has 0 amide bonds. The number of hydrogen-bond donors (Lipinski definition) is 0. The molecule has 80 valence electrons. The molecule has 1 aromatic rings. The van der Waals surface area contributed by atoms with Crippen LogP contribution in [0.15, 0.2) is 24.3 Å². The van der Waals surface area contributed by atoms with E-state index in [1.54, 1.807) is 6.92 Å². The first-order valence-corrected chi connectivity index (χ1v) is 4.24. The second-order valence-corrected chi connectivity index (χ2v) is 3.31. The minimum Gasteiger partial charge on any atom is -0.294 e. The van der Waals surface area contributed by atoms with Crippen LogP contribution in [0.4, 0.5) is 13.2 Å². The Kier molecular flexibility index (Phi) is 3.29. The van der Waals surface area contributed by atoms with Crippen molar-refractivity contribution < 1.29 is 18.0 Å². The first-order chi connectivity index (χ1) is 6.91. The third-order valence-corrected chi connectivity index (χ3v) is 1.77. The molecule has 0 saturated heterocycles. The zero-order valence-electron chi connectivity index (χ0n) is 8.11. The topological polar surface area (TPSA) is 17.1 Å². The number of Topliss-reactive ketones (excluding diaryl/α,β-unsaturated/α-hetero) is 1. The van der Waals surface area contributed by atoms with E-state index in [1.807, 2.05) is 0 Å². The molecule has 1 nitrogen and oxygen atoms in total. The Morgan fingerprint density at radius 2 is 1.73 bits per heavy atom. The van der Waals surface area contributed by atoms with Gasteiger partial charge in [-0.25, -0.2) is 13.2 Å². The molecule has 0 saturated carbocycles. The summed E-state index contributed by atoms with van der Waals surface area (Å²) in [5.74, 6) is -4.78. The second kappa shape index (κ2) is 4.29. The summed E-state index contributed by atoms with van der Waals surface area (Å²) in [6.07, 6.45) is -0.00941. The van der Waals surface area contributed by atoms with E-state index in [2.05, 4.69) is 6.58 Å². The maximum Gasteiger partial charge on any atom is 0.194 e. The molecule has 0 N–H and O–H groups in total. The standard InChI is InChI=1S/C11H9F3O/c1-6(2)3-10(15)7-4-8(12)11(14)9(13)5-7/h4-5H,1,3H2,2H3. The molecule has 0 aromatic heterocycles. The zero-order chi connectivity index (χ0) is 11.6. The molecule has 1 aromatic carbocycles. The zero-order valence-corrected chi connectivity index (χ0v) is 8.11. The van der Waals surface area contributed by atoms with Gasteiger partial charge in [0.2, 0.25) is 0 Å². The maximum atomic E-state index is 12.7. The van der Waals surface area contributed by atoms with Crippen molar-refractivity contribution >= 4 is 5.78 Å². The van der Waals surface area contributed by atoms with Crippen LogP contribution in [0, 0.1) is 17.5 Å². The van der Waals surface area contributed by atoms with Crippen molar-refractivity contribution in [2.45, 2.75) is 13.3 Å². The molecule has 0 aliphatic heterocycles. The number of benzene rings is 1. The fourth-order valence-corrected chi connectivity index (χ4v) is 1.09. The van der Waals surface area contributed by atoms with Gasteiger partial charge in [0.15, 0.2) is 23.2 Å². The van der Waals surface area contributed by atoms with E-state index >= 15 is 0 Å². The molecule has 0 aliphatic rings. The van der Waals surface area contributed by atoms with Crippen LogP contribution in [0.2, 0.25) is 0 Å². The highest BCUT2D eigenvalue weighted by molar-refractivity contribution is 5.97. The number of halogens is 3.